The smallest absolute Gasteiger partial charge is 0.129 e. The number of nitrogens with two attached hydrogens (primary N) is 1. The zero-order chi connectivity index (χ0) is 10.7. The van der Waals surface area contributed by atoms with Gasteiger partial charge in [-0.2, -0.15) is 0 Å². The van der Waals surface area contributed by atoms with Crippen LogP contribution in [0.2, 0.25) is 0 Å². The summed E-state index contributed by atoms with van der Waals surface area (Å²) in [7, 11) is 0. The van der Waals surface area contributed by atoms with E-state index in [-0.39, 0.29) is 11.5 Å². The van der Waals surface area contributed by atoms with Crippen LogP contribution in [0.15, 0.2) is 12.1 Å². The van der Waals surface area contributed by atoms with Crippen LogP contribution >= 0.6 is 0 Å². The molecule has 0 amide bonds. The van der Waals surface area contributed by atoms with Crippen LogP contribution in [0.1, 0.15) is 30.4 Å². The van der Waals surface area contributed by atoms with Gasteiger partial charge in [0, 0.05) is 5.56 Å². The van der Waals surface area contributed by atoms with Gasteiger partial charge in [-0.1, -0.05) is 6.92 Å². The number of halogens is 2. The number of hydrogen-bond donors (Lipinski definition) is 1. The van der Waals surface area contributed by atoms with Crippen molar-refractivity contribution >= 4 is 0 Å². The first-order chi connectivity index (χ1) is 6.56. The molecule has 1 aromatic carbocycles. The van der Waals surface area contributed by atoms with E-state index in [1.165, 1.54) is 19.1 Å². The van der Waals surface area contributed by atoms with Crippen LogP contribution in [0.3, 0.4) is 0 Å². The molecule has 0 saturated carbocycles. The van der Waals surface area contributed by atoms with Gasteiger partial charge in [-0.3, -0.25) is 0 Å². The molecule has 0 aromatic heterocycles. The highest BCUT2D eigenvalue weighted by atomic mass is 19.1. The van der Waals surface area contributed by atoms with Crippen molar-refractivity contribution in [2.45, 2.75) is 26.2 Å². The summed E-state index contributed by atoms with van der Waals surface area (Å²) < 4.78 is 26.3. The molecule has 0 heterocycles. The summed E-state index contributed by atoms with van der Waals surface area (Å²) >= 11 is 0. The van der Waals surface area contributed by atoms with Gasteiger partial charge in [-0.25, -0.2) is 8.78 Å². The second-order valence-corrected chi connectivity index (χ2v) is 3.59. The molecule has 0 bridgehead atoms. The minimum absolute atomic E-state index is 0.0775. The van der Waals surface area contributed by atoms with E-state index in [4.69, 9.17) is 5.73 Å². The van der Waals surface area contributed by atoms with E-state index >= 15 is 0 Å². The molecule has 1 nitrogen and oxygen atoms in total. The van der Waals surface area contributed by atoms with Gasteiger partial charge in [0.25, 0.3) is 0 Å². The Morgan fingerprint density at radius 3 is 2.21 bits per heavy atom. The lowest BCUT2D eigenvalue weighted by Crippen LogP contribution is -2.05. The molecule has 0 saturated heterocycles. The fourth-order valence-electron chi connectivity index (χ4n) is 1.37. The molecule has 0 radical (unpaired) electrons. The molecule has 14 heavy (non-hydrogen) atoms. The maximum absolute atomic E-state index is 13.2. The highest BCUT2D eigenvalue weighted by Gasteiger charge is 2.11. The molecular formula is C11H15F2N. The summed E-state index contributed by atoms with van der Waals surface area (Å²) in [6.45, 7) is 3.87. The van der Waals surface area contributed by atoms with Gasteiger partial charge >= 0.3 is 0 Å². The average Bonchev–Trinajstić information content (AvgIpc) is 2.13. The minimum atomic E-state index is -0.483. The Morgan fingerprint density at radius 1 is 1.29 bits per heavy atom. The normalized spacial score (nSPS) is 12.9. The zero-order valence-corrected chi connectivity index (χ0v) is 8.48. The number of rotatable bonds is 3. The van der Waals surface area contributed by atoms with Gasteiger partial charge in [0.1, 0.15) is 11.6 Å². The fraction of sp³-hybridized carbons (Fsp3) is 0.455. The Bertz CT molecular complexity index is 300. The molecular weight excluding hydrogens is 184 g/mol. The third kappa shape index (κ3) is 2.29. The molecule has 0 aliphatic heterocycles. The van der Waals surface area contributed by atoms with Crippen LogP contribution in [-0.2, 0) is 0 Å². The first-order valence-electron chi connectivity index (χ1n) is 4.72. The van der Waals surface area contributed by atoms with E-state index in [0.29, 0.717) is 12.1 Å². The summed E-state index contributed by atoms with van der Waals surface area (Å²) in [6.07, 6.45) is 0.738. The van der Waals surface area contributed by atoms with Gasteiger partial charge in [0.15, 0.2) is 0 Å². The fourth-order valence-corrected chi connectivity index (χ4v) is 1.37. The van der Waals surface area contributed by atoms with Crippen molar-refractivity contribution in [2.24, 2.45) is 5.73 Å². The number of benzene rings is 1. The quantitative estimate of drug-likeness (QED) is 0.795. The largest absolute Gasteiger partial charge is 0.330 e. The lowest BCUT2D eigenvalue weighted by atomic mass is 9.96. The molecule has 3 heteroatoms. The molecule has 1 atom stereocenters. The Morgan fingerprint density at radius 2 is 1.79 bits per heavy atom. The molecule has 0 aliphatic carbocycles. The lowest BCUT2D eigenvalue weighted by molar-refractivity contribution is 0.558. The molecule has 1 rings (SSSR count). The summed E-state index contributed by atoms with van der Waals surface area (Å²) in [4.78, 5) is 0. The third-order valence-corrected chi connectivity index (χ3v) is 2.47. The van der Waals surface area contributed by atoms with Crippen molar-refractivity contribution in [2.75, 3.05) is 6.54 Å². The predicted molar refractivity (Wildman–Crippen MR) is 53.2 cm³/mol. The van der Waals surface area contributed by atoms with Crippen LogP contribution in [0.5, 0.6) is 0 Å². The second kappa shape index (κ2) is 4.51. The summed E-state index contributed by atoms with van der Waals surface area (Å²) in [5, 5.41) is 0. The van der Waals surface area contributed by atoms with E-state index in [1.807, 2.05) is 6.92 Å². The van der Waals surface area contributed by atoms with Crippen molar-refractivity contribution in [3.63, 3.8) is 0 Å². The maximum Gasteiger partial charge on any atom is 0.129 e. The molecule has 1 unspecified atom stereocenters. The van der Waals surface area contributed by atoms with Crippen LogP contribution in [0.25, 0.3) is 0 Å². The average molecular weight is 199 g/mol. The number of hydrogen-bond acceptors (Lipinski definition) is 1. The topological polar surface area (TPSA) is 26.0 Å². The summed E-state index contributed by atoms with van der Waals surface area (Å²) in [5.74, 6) is -0.864. The van der Waals surface area contributed by atoms with Crippen molar-refractivity contribution in [3.05, 3.63) is 34.9 Å². The van der Waals surface area contributed by atoms with Gasteiger partial charge in [-0.05, 0) is 43.5 Å². The molecule has 2 N–H and O–H groups in total. The first-order valence-corrected chi connectivity index (χ1v) is 4.72. The van der Waals surface area contributed by atoms with E-state index in [9.17, 15) is 8.78 Å². The summed E-state index contributed by atoms with van der Waals surface area (Å²) in [5.41, 5.74) is 6.14. The molecule has 0 aliphatic rings. The third-order valence-electron chi connectivity index (χ3n) is 2.47. The van der Waals surface area contributed by atoms with Crippen LogP contribution in [0, 0.1) is 18.6 Å². The Balaban J connectivity index is 3.00. The van der Waals surface area contributed by atoms with E-state index < -0.39 is 11.6 Å². The SMILES string of the molecule is Cc1c(F)cc(C(C)CCN)cc1F. The van der Waals surface area contributed by atoms with Crippen LogP contribution in [-0.4, -0.2) is 6.54 Å². The monoisotopic (exact) mass is 199 g/mol. The van der Waals surface area contributed by atoms with Gasteiger partial charge in [0.2, 0.25) is 0 Å². The second-order valence-electron chi connectivity index (χ2n) is 3.59. The van der Waals surface area contributed by atoms with Gasteiger partial charge < -0.3 is 5.73 Å². The molecule has 78 valence electrons. The molecule has 0 spiro atoms. The van der Waals surface area contributed by atoms with Crippen molar-refractivity contribution in [1.29, 1.82) is 0 Å². The van der Waals surface area contributed by atoms with Crippen LogP contribution in [0.4, 0.5) is 8.78 Å². The van der Waals surface area contributed by atoms with Gasteiger partial charge in [-0.15, -0.1) is 0 Å². The highest BCUT2D eigenvalue weighted by molar-refractivity contribution is 5.27. The van der Waals surface area contributed by atoms with E-state index in [0.717, 1.165) is 6.42 Å². The Labute approximate surface area is 82.9 Å². The molecule has 0 fully saturated rings. The van der Waals surface area contributed by atoms with E-state index in [2.05, 4.69) is 0 Å². The first kappa shape index (κ1) is 11.1. The predicted octanol–water partition coefficient (Wildman–Crippen LogP) is 2.73. The lowest BCUT2D eigenvalue weighted by Gasteiger charge is -2.11. The summed E-state index contributed by atoms with van der Waals surface area (Å²) in [6, 6.07) is 2.78. The van der Waals surface area contributed by atoms with Gasteiger partial charge in [0.05, 0.1) is 0 Å². The minimum Gasteiger partial charge on any atom is -0.330 e. The Hall–Kier alpha value is -0.960. The molecule has 1 aromatic rings. The van der Waals surface area contributed by atoms with Crippen molar-refractivity contribution in [1.82, 2.24) is 0 Å². The van der Waals surface area contributed by atoms with E-state index in [1.54, 1.807) is 0 Å². The standard InChI is InChI=1S/C11H15F2N/c1-7(3-4-14)9-5-10(12)8(2)11(13)6-9/h5-7H,3-4,14H2,1-2H3. The van der Waals surface area contributed by atoms with Crippen LogP contribution < -0.4 is 5.73 Å². The van der Waals surface area contributed by atoms with Crippen molar-refractivity contribution < 1.29 is 8.78 Å². The van der Waals surface area contributed by atoms with Crippen molar-refractivity contribution in [3.8, 4) is 0 Å². The maximum atomic E-state index is 13.2. The Kier molecular flexibility index (Phi) is 3.58. The highest BCUT2D eigenvalue weighted by Crippen LogP contribution is 2.22. The zero-order valence-electron chi connectivity index (χ0n) is 8.48.